The second kappa shape index (κ2) is 9.76. The van der Waals surface area contributed by atoms with E-state index >= 15 is 0 Å². The number of urea groups is 1. The molecular formula is C21H22ClF2N5O2. The van der Waals surface area contributed by atoms with Crippen molar-refractivity contribution in [3.8, 4) is 17.0 Å². The monoisotopic (exact) mass is 449 g/mol. The second-order valence-electron chi connectivity index (χ2n) is 7.03. The van der Waals surface area contributed by atoms with Crippen LogP contribution in [0, 0.1) is 11.6 Å². The minimum absolute atomic E-state index is 0.141. The number of benzene rings is 2. The lowest BCUT2D eigenvalue weighted by atomic mass is 10.1. The Morgan fingerprint density at radius 1 is 1.19 bits per heavy atom. The van der Waals surface area contributed by atoms with E-state index in [4.69, 9.17) is 16.3 Å². The lowest BCUT2D eigenvalue weighted by molar-refractivity contribution is 0.261. The van der Waals surface area contributed by atoms with Crippen LogP contribution in [-0.4, -0.2) is 48.0 Å². The average molecular weight is 450 g/mol. The molecule has 2 aromatic carbocycles. The van der Waals surface area contributed by atoms with Crippen molar-refractivity contribution in [3.05, 3.63) is 59.3 Å². The summed E-state index contributed by atoms with van der Waals surface area (Å²) < 4.78 is 34.4. The van der Waals surface area contributed by atoms with Crippen molar-refractivity contribution in [2.75, 3.05) is 37.9 Å². The molecule has 0 radical (unpaired) electrons. The Bertz CT molecular complexity index is 1070. The summed E-state index contributed by atoms with van der Waals surface area (Å²) in [6.45, 7) is 1.16. The van der Waals surface area contributed by atoms with Crippen LogP contribution in [0.25, 0.3) is 11.3 Å². The SMILES string of the molecule is CN(C)CCOc1ccc(NC(=O)Nc2ccc(F)cc2F)cc1-c1c(Cl)cnn1C. The van der Waals surface area contributed by atoms with E-state index in [1.807, 2.05) is 19.0 Å². The zero-order chi connectivity index (χ0) is 22.5. The highest BCUT2D eigenvalue weighted by Crippen LogP contribution is 2.36. The van der Waals surface area contributed by atoms with Crippen molar-refractivity contribution in [3.63, 3.8) is 0 Å². The van der Waals surface area contributed by atoms with Crippen LogP contribution < -0.4 is 15.4 Å². The number of hydrogen-bond acceptors (Lipinski definition) is 4. The van der Waals surface area contributed by atoms with Crippen LogP contribution in [0.4, 0.5) is 25.0 Å². The van der Waals surface area contributed by atoms with E-state index in [9.17, 15) is 13.6 Å². The van der Waals surface area contributed by atoms with Crippen molar-refractivity contribution in [2.24, 2.45) is 7.05 Å². The van der Waals surface area contributed by atoms with Crippen molar-refractivity contribution >= 4 is 29.0 Å². The Kier molecular flexibility index (Phi) is 7.09. The number of halogens is 3. The molecule has 7 nitrogen and oxygen atoms in total. The largest absolute Gasteiger partial charge is 0.492 e. The minimum atomic E-state index is -0.873. The van der Waals surface area contributed by atoms with Gasteiger partial charge < -0.3 is 20.3 Å². The standard InChI is InChI=1S/C21H22ClF2N5O2/c1-28(2)8-9-31-19-7-5-14(11-15(19)20-16(22)12-25-29(20)3)26-21(30)27-18-6-4-13(23)10-17(18)24/h4-7,10-12H,8-9H2,1-3H3,(H2,26,27,30). The van der Waals surface area contributed by atoms with Gasteiger partial charge in [0.05, 0.1) is 22.6 Å². The lowest BCUT2D eigenvalue weighted by Crippen LogP contribution is -2.21. The predicted molar refractivity (Wildman–Crippen MR) is 117 cm³/mol. The van der Waals surface area contributed by atoms with E-state index in [0.29, 0.717) is 46.9 Å². The minimum Gasteiger partial charge on any atom is -0.492 e. The summed E-state index contributed by atoms with van der Waals surface area (Å²) in [5.74, 6) is -1.03. The number of hydrogen-bond donors (Lipinski definition) is 2. The molecule has 10 heteroatoms. The summed E-state index contributed by atoms with van der Waals surface area (Å²) in [6.07, 6.45) is 1.52. The number of nitrogens with zero attached hydrogens (tertiary/aromatic N) is 3. The van der Waals surface area contributed by atoms with E-state index in [1.54, 1.807) is 29.9 Å². The highest BCUT2D eigenvalue weighted by Gasteiger charge is 2.17. The van der Waals surface area contributed by atoms with Gasteiger partial charge in [0.25, 0.3) is 0 Å². The number of ether oxygens (including phenoxy) is 1. The van der Waals surface area contributed by atoms with E-state index in [0.717, 1.165) is 12.1 Å². The maximum absolute atomic E-state index is 13.8. The number of carbonyl (C=O) groups is 1. The molecule has 3 aromatic rings. The molecule has 2 amide bonds. The number of aryl methyl sites for hydroxylation is 1. The van der Waals surface area contributed by atoms with Crippen molar-refractivity contribution in [2.45, 2.75) is 0 Å². The van der Waals surface area contributed by atoms with Crippen LogP contribution in [0.1, 0.15) is 0 Å². The molecule has 164 valence electrons. The normalized spacial score (nSPS) is 10.9. The first-order valence-electron chi connectivity index (χ1n) is 9.37. The van der Waals surface area contributed by atoms with Gasteiger partial charge in [-0.15, -0.1) is 0 Å². The summed E-state index contributed by atoms with van der Waals surface area (Å²) >= 11 is 6.31. The zero-order valence-electron chi connectivity index (χ0n) is 17.2. The van der Waals surface area contributed by atoms with Gasteiger partial charge in [-0.25, -0.2) is 13.6 Å². The Morgan fingerprint density at radius 2 is 1.97 bits per heavy atom. The Hall–Kier alpha value is -3.17. The predicted octanol–water partition coefficient (Wildman–Crippen LogP) is 4.60. The number of carbonyl (C=O) groups excluding carboxylic acids is 1. The van der Waals surface area contributed by atoms with Gasteiger partial charge in [-0.1, -0.05) is 11.6 Å². The van der Waals surface area contributed by atoms with Gasteiger partial charge >= 0.3 is 6.03 Å². The molecule has 0 saturated heterocycles. The number of anilines is 2. The van der Waals surface area contributed by atoms with Gasteiger partial charge in [-0.05, 0) is 44.4 Å². The van der Waals surface area contributed by atoms with Crippen molar-refractivity contribution < 1.29 is 18.3 Å². The molecule has 1 heterocycles. The first-order valence-corrected chi connectivity index (χ1v) is 9.75. The fourth-order valence-corrected chi connectivity index (χ4v) is 3.11. The summed E-state index contributed by atoms with van der Waals surface area (Å²) in [5.41, 5.74) is 1.54. The number of nitrogens with one attached hydrogen (secondary N) is 2. The molecule has 31 heavy (non-hydrogen) atoms. The van der Waals surface area contributed by atoms with E-state index in [2.05, 4.69) is 15.7 Å². The molecule has 2 N–H and O–H groups in total. The third kappa shape index (κ3) is 5.71. The topological polar surface area (TPSA) is 71.4 Å². The van der Waals surface area contributed by atoms with E-state index in [1.165, 1.54) is 6.20 Å². The van der Waals surface area contributed by atoms with Crippen LogP contribution in [0.15, 0.2) is 42.6 Å². The first-order chi connectivity index (χ1) is 14.7. The number of likely N-dealkylation sites (N-methyl/N-ethyl adjacent to an activating group) is 1. The highest BCUT2D eigenvalue weighted by molar-refractivity contribution is 6.33. The van der Waals surface area contributed by atoms with Crippen LogP contribution in [-0.2, 0) is 7.05 Å². The molecule has 0 aliphatic rings. The van der Waals surface area contributed by atoms with Gasteiger partial charge in [-0.3, -0.25) is 4.68 Å². The lowest BCUT2D eigenvalue weighted by Gasteiger charge is -2.16. The second-order valence-corrected chi connectivity index (χ2v) is 7.44. The van der Waals surface area contributed by atoms with Gasteiger partial charge in [0, 0.05) is 30.9 Å². The third-order valence-corrected chi connectivity index (χ3v) is 4.64. The maximum Gasteiger partial charge on any atom is 0.323 e. The molecule has 0 aliphatic heterocycles. The van der Waals surface area contributed by atoms with Crippen molar-refractivity contribution in [1.82, 2.24) is 14.7 Å². The van der Waals surface area contributed by atoms with E-state index < -0.39 is 17.7 Å². The van der Waals surface area contributed by atoms with Gasteiger partial charge in [0.1, 0.15) is 24.0 Å². The van der Waals surface area contributed by atoms with Crippen LogP contribution in [0.3, 0.4) is 0 Å². The molecule has 0 bridgehead atoms. The van der Waals surface area contributed by atoms with Crippen LogP contribution in [0.5, 0.6) is 5.75 Å². The summed E-state index contributed by atoms with van der Waals surface area (Å²) in [7, 11) is 5.63. The third-order valence-electron chi connectivity index (χ3n) is 4.36. The Morgan fingerprint density at radius 3 is 2.61 bits per heavy atom. The Balaban J connectivity index is 1.84. The van der Waals surface area contributed by atoms with Gasteiger partial charge in [-0.2, -0.15) is 5.10 Å². The van der Waals surface area contributed by atoms with Crippen molar-refractivity contribution in [1.29, 1.82) is 0 Å². The molecule has 0 atom stereocenters. The van der Waals surface area contributed by atoms with Gasteiger partial charge in [0.15, 0.2) is 0 Å². The molecule has 0 unspecified atom stereocenters. The number of amides is 2. The van der Waals surface area contributed by atoms with Gasteiger partial charge in [0.2, 0.25) is 0 Å². The molecule has 3 rings (SSSR count). The summed E-state index contributed by atoms with van der Waals surface area (Å²) in [6, 6.07) is 7.26. The fraction of sp³-hybridized carbons (Fsp3) is 0.238. The summed E-state index contributed by atoms with van der Waals surface area (Å²) in [5, 5.41) is 9.56. The van der Waals surface area contributed by atoms with E-state index in [-0.39, 0.29) is 5.69 Å². The molecule has 0 aliphatic carbocycles. The van der Waals surface area contributed by atoms with Crippen LogP contribution in [0.2, 0.25) is 5.02 Å². The molecule has 0 spiro atoms. The van der Waals surface area contributed by atoms with Crippen LogP contribution >= 0.6 is 11.6 Å². The first kappa shape index (κ1) is 22.5. The number of aromatic nitrogens is 2. The fourth-order valence-electron chi connectivity index (χ4n) is 2.85. The molecule has 0 saturated carbocycles. The average Bonchev–Trinajstić information content (AvgIpc) is 3.03. The molecule has 0 fully saturated rings. The Labute approximate surface area is 183 Å². The summed E-state index contributed by atoms with van der Waals surface area (Å²) in [4.78, 5) is 14.3. The molecule has 1 aromatic heterocycles. The molecular weight excluding hydrogens is 428 g/mol. The number of rotatable bonds is 7. The quantitative estimate of drug-likeness (QED) is 0.553. The highest BCUT2D eigenvalue weighted by atomic mass is 35.5. The smallest absolute Gasteiger partial charge is 0.323 e. The zero-order valence-corrected chi connectivity index (χ0v) is 18.0. The maximum atomic E-state index is 13.8.